The average Bonchev–Trinajstić information content (AvgIpc) is 2.69. The smallest absolute Gasteiger partial charge is 0.0633 e. The van der Waals surface area contributed by atoms with Crippen LogP contribution in [0.15, 0.2) is 70.6 Å². The number of rotatable bonds is 11. The second kappa shape index (κ2) is 14.3. The maximum atomic E-state index is 4.95. The molecule has 0 aliphatic rings. The predicted molar refractivity (Wildman–Crippen MR) is 115 cm³/mol. The van der Waals surface area contributed by atoms with Crippen molar-refractivity contribution in [3.63, 3.8) is 0 Å². The number of aliphatic imine (C=N–C) groups is 2. The Balaban J connectivity index is 0.00000364. The van der Waals surface area contributed by atoms with Crippen LogP contribution in [0.4, 0.5) is 11.4 Å². The van der Waals surface area contributed by atoms with E-state index in [1.165, 1.54) is 38.5 Å². The number of hydrogen-bond donors (Lipinski definition) is 0. The minimum Gasteiger partial charge on any atom is -0.252 e. The standard InChI is InChI=1S/C24H32N2.Ni/c1-3-5-6-7-8-15-20-24(26-22-18-13-10-14-19-22)23(4-2)25-21-16-11-9-12-17-21;/h9-14,16-19H,3-8,15,20H2,1-2H3;/b25-23+,26-24+;. The van der Waals surface area contributed by atoms with Gasteiger partial charge in [0.2, 0.25) is 0 Å². The molecule has 0 aromatic heterocycles. The molecule has 0 fully saturated rings. The quantitative estimate of drug-likeness (QED) is 0.207. The summed E-state index contributed by atoms with van der Waals surface area (Å²) in [7, 11) is 0. The van der Waals surface area contributed by atoms with Gasteiger partial charge in [0.1, 0.15) is 0 Å². The molecule has 2 aromatic carbocycles. The zero-order valence-electron chi connectivity index (χ0n) is 16.6. The van der Waals surface area contributed by atoms with Crippen LogP contribution in [0, 0.1) is 0 Å². The largest absolute Gasteiger partial charge is 0.252 e. The molecule has 0 amide bonds. The van der Waals surface area contributed by atoms with E-state index in [1.807, 2.05) is 36.4 Å². The van der Waals surface area contributed by atoms with E-state index >= 15 is 0 Å². The summed E-state index contributed by atoms with van der Waals surface area (Å²) >= 11 is 0. The Hall–Kier alpha value is -1.73. The Morgan fingerprint density at radius 1 is 0.630 bits per heavy atom. The summed E-state index contributed by atoms with van der Waals surface area (Å²) in [5, 5.41) is 0. The summed E-state index contributed by atoms with van der Waals surface area (Å²) < 4.78 is 0. The second-order valence-corrected chi connectivity index (χ2v) is 6.66. The van der Waals surface area contributed by atoms with Gasteiger partial charge in [-0.1, -0.05) is 82.3 Å². The molecule has 0 heterocycles. The first-order chi connectivity index (χ1) is 12.8. The molecule has 0 bridgehead atoms. The Bertz CT molecular complexity index is 678. The van der Waals surface area contributed by atoms with Gasteiger partial charge < -0.3 is 0 Å². The number of nitrogens with zero attached hydrogens (tertiary/aromatic N) is 2. The predicted octanol–water partition coefficient (Wildman–Crippen LogP) is 7.69. The van der Waals surface area contributed by atoms with Crippen LogP contribution < -0.4 is 0 Å². The van der Waals surface area contributed by atoms with Gasteiger partial charge in [0.15, 0.2) is 0 Å². The van der Waals surface area contributed by atoms with Gasteiger partial charge in [-0.15, -0.1) is 0 Å². The Morgan fingerprint density at radius 3 is 1.63 bits per heavy atom. The maximum Gasteiger partial charge on any atom is 0.0633 e. The monoisotopic (exact) mass is 406 g/mol. The SMILES string of the molecule is CCCCCCCCC(=N\c1ccccc1)/C(CC)=N/c1ccccc1.[Ni]. The van der Waals surface area contributed by atoms with E-state index in [2.05, 4.69) is 38.1 Å². The molecule has 0 N–H and O–H groups in total. The van der Waals surface area contributed by atoms with Gasteiger partial charge in [-0.2, -0.15) is 0 Å². The molecule has 2 aromatic rings. The van der Waals surface area contributed by atoms with Crippen molar-refractivity contribution in [2.45, 2.75) is 65.2 Å². The van der Waals surface area contributed by atoms with Crippen molar-refractivity contribution in [2.24, 2.45) is 9.98 Å². The Morgan fingerprint density at radius 2 is 1.11 bits per heavy atom. The summed E-state index contributed by atoms with van der Waals surface area (Å²) in [6, 6.07) is 20.5. The third kappa shape index (κ3) is 9.15. The van der Waals surface area contributed by atoms with Crippen molar-refractivity contribution in [3.8, 4) is 0 Å². The molecular weight excluding hydrogens is 375 g/mol. The number of hydrogen-bond acceptors (Lipinski definition) is 2. The van der Waals surface area contributed by atoms with Crippen molar-refractivity contribution >= 4 is 22.8 Å². The van der Waals surface area contributed by atoms with Gasteiger partial charge in [-0.05, 0) is 43.5 Å². The molecule has 0 spiro atoms. The number of benzene rings is 2. The van der Waals surface area contributed by atoms with Gasteiger partial charge in [0.05, 0.1) is 22.8 Å². The van der Waals surface area contributed by atoms with E-state index in [9.17, 15) is 0 Å². The first-order valence-electron chi connectivity index (χ1n) is 10.1. The van der Waals surface area contributed by atoms with Gasteiger partial charge in [-0.3, -0.25) is 9.98 Å². The first-order valence-corrected chi connectivity index (χ1v) is 10.1. The maximum absolute atomic E-state index is 4.95. The summed E-state index contributed by atoms with van der Waals surface area (Å²) in [5.74, 6) is 0. The van der Waals surface area contributed by atoms with Crippen molar-refractivity contribution < 1.29 is 16.5 Å². The normalized spacial score (nSPS) is 11.9. The fraction of sp³-hybridized carbons (Fsp3) is 0.417. The minimum atomic E-state index is 0. The average molecular weight is 407 g/mol. The van der Waals surface area contributed by atoms with Gasteiger partial charge in [-0.25, -0.2) is 0 Å². The third-order valence-electron chi connectivity index (χ3n) is 4.48. The molecule has 0 saturated heterocycles. The van der Waals surface area contributed by atoms with Crippen LogP contribution in [0.1, 0.15) is 65.2 Å². The fourth-order valence-electron chi connectivity index (χ4n) is 3.00. The van der Waals surface area contributed by atoms with E-state index in [0.717, 1.165) is 35.6 Å². The summed E-state index contributed by atoms with van der Waals surface area (Å²) in [6.07, 6.45) is 9.67. The fourth-order valence-corrected chi connectivity index (χ4v) is 3.00. The van der Waals surface area contributed by atoms with Gasteiger partial charge >= 0.3 is 0 Å². The molecule has 0 aliphatic carbocycles. The van der Waals surface area contributed by atoms with E-state index in [4.69, 9.17) is 9.98 Å². The Kier molecular flexibility index (Phi) is 12.4. The second-order valence-electron chi connectivity index (χ2n) is 6.66. The number of unbranched alkanes of at least 4 members (excludes halogenated alkanes) is 5. The Labute approximate surface area is 175 Å². The zero-order chi connectivity index (χ0) is 18.5. The first kappa shape index (κ1) is 23.3. The van der Waals surface area contributed by atoms with Crippen LogP contribution in [0.5, 0.6) is 0 Å². The molecule has 0 unspecified atom stereocenters. The van der Waals surface area contributed by atoms with Crippen LogP contribution in [0.3, 0.4) is 0 Å². The van der Waals surface area contributed by atoms with E-state index in [-0.39, 0.29) is 16.5 Å². The van der Waals surface area contributed by atoms with Crippen LogP contribution in [0.25, 0.3) is 0 Å². The van der Waals surface area contributed by atoms with Gasteiger partial charge in [0.25, 0.3) is 0 Å². The van der Waals surface area contributed by atoms with Crippen LogP contribution >= 0.6 is 0 Å². The minimum absolute atomic E-state index is 0. The summed E-state index contributed by atoms with van der Waals surface area (Å²) in [4.78, 5) is 9.83. The molecule has 148 valence electrons. The van der Waals surface area contributed by atoms with E-state index in [1.54, 1.807) is 0 Å². The molecule has 0 radical (unpaired) electrons. The number of para-hydroxylation sites is 2. The zero-order valence-corrected chi connectivity index (χ0v) is 17.6. The molecule has 2 rings (SSSR count). The van der Waals surface area contributed by atoms with Crippen molar-refractivity contribution in [1.82, 2.24) is 0 Å². The van der Waals surface area contributed by atoms with Crippen LogP contribution in [0.2, 0.25) is 0 Å². The van der Waals surface area contributed by atoms with E-state index < -0.39 is 0 Å². The molecule has 3 heteroatoms. The molecule has 0 saturated carbocycles. The molecular formula is C24H32N2Ni. The third-order valence-corrected chi connectivity index (χ3v) is 4.48. The summed E-state index contributed by atoms with van der Waals surface area (Å²) in [5.41, 5.74) is 4.27. The molecule has 27 heavy (non-hydrogen) atoms. The van der Waals surface area contributed by atoms with Crippen molar-refractivity contribution in [3.05, 3.63) is 60.7 Å². The van der Waals surface area contributed by atoms with E-state index in [0.29, 0.717) is 0 Å². The van der Waals surface area contributed by atoms with Crippen LogP contribution in [-0.2, 0) is 16.5 Å². The molecule has 0 atom stereocenters. The molecule has 2 nitrogen and oxygen atoms in total. The van der Waals surface area contributed by atoms with Crippen LogP contribution in [-0.4, -0.2) is 11.4 Å². The van der Waals surface area contributed by atoms with Gasteiger partial charge in [0, 0.05) is 16.5 Å². The molecule has 0 aliphatic heterocycles. The summed E-state index contributed by atoms with van der Waals surface area (Å²) in [6.45, 7) is 4.43. The topological polar surface area (TPSA) is 24.7 Å². The van der Waals surface area contributed by atoms with Crippen molar-refractivity contribution in [2.75, 3.05) is 0 Å². The van der Waals surface area contributed by atoms with Crippen molar-refractivity contribution in [1.29, 1.82) is 0 Å².